The first-order valence-corrected chi connectivity index (χ1v) is 7.10. The van der Waals surface area contributed by atoms with Crippen molar-refractivity contribution in [2.75, 3.05) is 11.9 Å². The van der Waals surface area contributed by atoms with Crippen LogP contribution in [0.15, 0.2) is 46.9 Å². The molecule has 0 saturated heterocycles. The molecule has 0 spiro atoms. The maximum atomic E-state index is 9.61. The summed E-state index contributed by atoms with van der Waals surface area (Å²) >= 11 is 3.51. The number of rotatable bonds is 4. The lowest BCUT2D eigenvalue weighted by Gasteiger charge is -2.20. The van der Waals surface area contributed by atoms with Gasteiger partial charge in [-0.1, -0.05) is 30.3 Å². The highest BCUT2D eigenvalue weighted by molar-refractivity contribution is 9.10. The molecule has 0 amide bonds. The quantitative estimate of drug-likeness (QED) is 0.884. The van der Waals surface area contributed by atoms with Crippen LogP contribution in [0.25, 0.3) is 0 Å². The summed E-state index contributed by atoms with van der Waals surface area (Å²) in [6.07, 6.45) is 0. The molecule has 0 aliphatic heterocycles. The standard InChI is InChI=1S/C16H18BrNO/c1-11-7-8-13(9-12(11)2)16(10-19)18-15-6-4-3-5-14(15)17/h3-9,16,18-19H,10H2,1-2H3. The Morgan fingerprint density at radius 3 is 2.47 bits per heavy atom. The third-order valence-electron chi connectivity index (χ3n) is 3.32. The molecule has 2 aromatic rings. The fraction of sp³-hybridized carbons (Fsp3) is 0.250. The van der Waals surface area contributed by atoms with Gasteiger partial charge in [0.1, 0.15) is 0 Å². The number of nitrogens with one attached hydrogen (secondary N) is 1. The van der Waals surface area contributed by atoms with Gasteiger partial charge < -0.3 is 10.4 Å². The van der Waals surface area contributed by atoms with Crippen LogP contribution in [0.2, 0.25) is 0 Å². The summed E-state index contributed by atoms with van der Waals surface area (Å²) in [4.78, 5) is 0. The molecule has 3 heteroatoms. The zero-order valence-corrected chi connectivity index (χ0v) is 12.7. The van der Waals surface area contributed by atoms with E-state index < -0.39 is 0 Å². The van der Waals surface area contributed by atoms with Crippen LogP contribution in [-0.4, -0.2) is 11.7 Å². The molecule has 2 N–H and O–H groups in total. The van der Waals surface area contributed by atoms with Crippen molar-refractivity contribution in [3.8, 4) is 0 Å². The van der Waals surface area contributed by atoms with Crippen molar-refractivity contribution in [1.29, 1.82) is 0 Å². The van der Waals surface area contributed by atoms with Gasteiger partial charge in [0.05, 0.1) is 12.6 Å². The summed E-state index contributed by atoms with van der Waals surface area (Å²) in [7, 11) is 0. The molecule has 1 unspecified atom stereocenters. The van der Waals surface area contributed by atoms with Crippen LogP contribution < -0.4 is 5.32 Å². The van der Waals surface area contributed by atoms with Crippen LogP contribution >= 0.6 is 15.9 Å². The van der Waals surface area contributed by atoms with Crippen molar-refractivity contribution in [1.82, 2.24) is 0 Å². The van der Waals surface area contributed by atoms with Crippen LogP contribution in [-0.2, 0) is 0 Å². The van der Waals surface area contributed by atoms with Gasteiger partial charge in [-0.25, -0.2) is 0 Å². The molecule has 0 heterocycles. The molecule has 100 valence electrons. The summed E-state index contributed by atoms with van der Waals surface area (Å²) in [5, 5.41) is 13.0. The van der Waals surface area contributed by atoms with Crippen LogP contribution in [0.5, 0.6) is 0 Å². The number of hydrogen-bond acceptors (Lipinski definition) is 2. The van der Waals surface area contributed by atoms with E-state index in [9.17, 15) is 5.11 Å². The first-order valence-electron chi connectivity index (χ1n) is 6.31. The second kappa shape index (κ2) is 6.22. The minimum absolute atomic E-state index is 0.0594. The highest BCUT2D eigenvalue weighted by atomic mass is 79.9. The van der Waals surface area contributed by atoms with Gasteiger partial charge in [-0.3, -0.25) is 0 Å². The number of aliphatic hydroxyl groups excluding tert-OH is 1. The second-order valence-electron chi connectivity index (χ2n) is 4.70. The predicted molar refractivity (Wildman–Crippen MR) is 83.5 cm³/mol. The van der Waals surface area contributed by atoms with Gasteiger partial charge in [0.25, 0.3) is 0 Å². The van der Waals surface area contributed by atoms with E-state index in [0.717, 1.165) is 15.7 Å². The summed E-state index contributed by atoms with van der Waals surface area (Å²) in [5.41, 5.74) is 4.59. The SMILES string of the molecule is Cc1ccc(C(CO)Nc2ccccc2Br)cc1C. The van der Waals surface area contributed by atoms with Gasteiger partial charge in [0.15, 0.2) is 0 Å². The number of aryl methyl sites for hydroxylation is 2. The molecular formula is C16H18BrNO. The fourth-order valence-electron chi connectivity index (χ4n) is 1.98. The Morgan fingerprint density at radius 1 is 1.11 bits per heavy atom. The predicted octanol–water partition coefficient (Wildman–Crippen LogP) is 4.21. The van der Waals surface area contributed by atoms with E-state index in [-0.39, 0.29) is 12.6 Å². The zero-order chi connectivity index (χ0) is 13.8. The van der Waals surface area contributed by atoms with Crippen molar-refractivity contribution < 1.29 is 5.11 Å². The minimum atomic E-state index is -0.0991. The van der Waals surface area contributed by atoms with Crippen molar-refractivity contribution in [3.63, 3.8) is 0 Å². The van der Waals surface area contributed by atoms with Crippen LogP contribution in [0.3, 0.4) is 0 Å². The molecule has 2 rings (SSSR count). The lowest BCUT2D eigenvalue weighted by Crippen LogP contribution is -2.15. The van der Waals surface area contributed by atoms with E-state index >= 15 is 0 Å². The van der Waals surface area contributed by atoms with Crippen LogP contribution in [0.4, 0.5) is 5.69 Å². The van der Waals surface area contributed by atoms with Crippen LogP contribution in [0, 0.1) is 13.8 Å². The van der Waals surface area contributed by atoms with E-state index in [4.69, 9.17) is 0 Å². The summed E-state index contributed by atoms with van der Waals surface area (Å²) < 4.78 is 0.997. The number of anilines is 1. The molecule has 1 atom stereocenters. The highest BCUT2D eigenvalue weighted by Gasteiger charge is 2.12. The Labute approximate surface area is 122 Å². The average molecular weight is 320 g/mol. The maximum Gasteiger partial charge on any atom is 0.0745 e. The molecular weight excluding hydrogens is 302 g/mol. The lowest BCUT2D eigenvalue weighted by atomic mass is 10.0. The van der Waals surface area contributed by atoms with E-state index in [1.807, 2.05) is 24.3 Å². The Balaban J connectivity index is 2.25. The summed E-state index contributed by atoms with van der Waals surface area (Å²) in [6, 6.07) is 14.1. The first-order chi connectivity index (χ1) is 9.11. The summed E-state index contributed by atoms with van der Waals surface area (Å²) in [5.74, 6) is 0. The van der Waals surface area contributed by atoms with Gasteiger partial charge >= 0.3 is 0 Å². The fourth-order valence-corrected chi connectivity index (χ4v) is 2.38. The Kier molecular flexibility index (Phi) is 4.61. The molecule has 0 bridgehead atoms. The maximum absolute atomic E-state index is 9.61. The van der Waals surface area contributed by atoms with Gasteiger partial charge in [0.2, 0.25) is 0 Å². The largest absolute Gasteiger partial charge is 0.394 e. The monoisotopic (exact) mass is 319 g/mol. The molecule has 0 aliphatic carbocycles. The molecule has 0 aliphatic rings. The molecule has 0 aromatic heterocycles. The van der Waals surface area contributed by atoms with Crippen molar-refractivity contribution in [2.45, 2.75) is 19.9 Å². The number of aliphatic hydroxyl groups is 1. The van der Waals surface area contributed by atoms with E-state index in [2.05, 4.69) is 53.3 Å². The zero-order valence-electron chi connectivity index (χ0n) is 11.2. The third-order valence-corrected chi connectivity index (χ3v) is 4.01. The summed E-state index contributed by atoms with van der Waals surface area (Å²) in [6.45, 7) is 4.24. The smallest absolute Gasteiger partial charge is 0.0745 e. The molecule has 0 radical (unpaired) electrons. The van der Waals surface area contributed by atoms with Crippen LogP contribution in [0.1, 0.15) is 22.7 Å². The van der Waals surface area contributed by atoms with Crippen molar-refractivity contribution in [2.24, 2.45) is 0 Å². The Hall–Kier alpha value is -1.32. The minimum Gasteiger partial charge on any atom is -0.394 e. The average Bonchev–Trinajstić information content (AvgIpc) is 2.41. The topological polar surface area (TPSA) is 32.3 Å². The van der Waals surface area contributed by atoms with Crippen molar-refractivity contribution in [3.05, 3.63) is 63.6 Å². The Bertz CT molecular complexity index is 568. The molecule has 0 fully saturated rings. The van der Waals surface area contributed by atoms with E-state index in [1.165, 1.54) is 11.1 Å². The van der Waals surface area contributed by atoms with Gasteiger partial charge in [0, 0.05) is 10.2 Å². The Morgan fingerprint density at radius 2 is 1.84 bits per heavy atom. The van der Waals surface area contributed by atoms with E-state index in [1.54, 1.807) is 0 Å². The first kappa shape index (κ1) is 14.1. The molecule has 0 saturated carbocycles. The van der Waals surface area contributed by atoms with E-state index in [0.29, 0.717) is 0 Å². The van der Waals surface area contributed by atoms with Gasteiger partial charge in [-0.15, -0.1) is 0 Å². The van der Waals surface area contributed by atoms with Gasteiger partial charge in [-0.2, -0.15) is 0 Å². The normalized spacial score (nSPS) is 12.2. The molecule has 2 nitrogen and oxygen atoms in total. The highest BCUT2D eigenvalue weighted by Crippen LogP contribution is 2.27. The van der Waals surface area contributed by atoms with Crippen molar-refractivity contribution >= 4 is 21.6 Å². The molecule has 2 aromatic carbocycles. The number of benzene rings is 2. The molecule has 19 heavy (non-hydrogen) atoms. The number of halogens is 1. The number of hydrogen-bond donors (Lipinski definition) is 2. The number of para-hydroxylation sites is 1. The lowest BCUT2D eigenvalue weighted by molar-refractivity contribution is 0.276. The van der Waals surface area contributed by atoms with Gasteiger partial charge in [-0.05, 0) is 58.6 Å². The second-order valence-corrected chi connectivity index (χ2v) is 5.56. The third kappa shape index (κ3) is 3.37.